The molecular formula is C20H28N2O6S. The molecule has 0 radical (unpaired) electrons. The molecule has 0 bridgehead atoms. The molecule has 8 nitrogen and oxygen atoms in total. The third-order valence-electron chi connectivity index (χ3n) is 4.01. The second-order valence-corrected chi connectivity index (χ2v) is 7.94. The van der Waals surface area contributed by atoms with E-state index >= 15 is 0 Å². The highest BCUT2D eigenvalue weighted by Gasteiger charge is 2.22. The summed E-state index contributed by atoms with van der Waals surface area (Å²) >= 11 is 1.23. The summed E-state index contributed by atoms with van der Waals surface area (Å²) in [7, 11) is 0. The van der Waals surface area contributed by atoms with Gasteiger partial charge in [0.2, 0.25) is 5.91 Å². The average molecular weight is 425 g/mol. The summed E-state index contributed by atoms with van der Waals surface area (Å²) in [4.78, 5) is 46.6. The normalized spacial score (nSPS) is 12.7. The third kappa shape index (κ3) is 9.98. The van der Waals surface area contributed by atoms with Crippen LogP contribution in [0, 0.1) is 5.92 Å². The molecule has 2 atom stereocenters. The van der Waals surface area contributed by atoms with Crippen molar-refractivity contribution in [1.82, 2.24) is 10.6 Å². The number of hydrogen-bond donors (Lipinski definition) is 3. The monoisotopic (exact) mass is 424 g/mol. The van der Waals surface area contributed by atoms with Crippen LogP contribution in [0.3, 0.4) is 0 Å². The van der Waals surface area contributed by atoms with E-state index in [4.69, 9.17) is 4.74 Å². The first kappa shape index (κ1) is 24.5. The van der Waals surface area contributed by atoms with Gasteiger partial charge in [-0.05, 0) is 30.6 Å². The van der Waals surface area contributed by atoms with Crippen LogP contribution in [0.25, 0.3) is 0 Å². The maximum absolute atomic E-state index is 11.9. The summed E-state index contributed by atoms with van der Waals surface area (Å²) < 4.78 is 5.03. The number of hydrogen-bond acceptors (Lipinski definition) is 6. The number of carboxylic acids is 1. The number of benzene rings is 1. The number of thioether (sulfide) groups is 1. The van der Waals surface area contributed by atoms with Gasteiger partial charge in [-0.3, -0.25) is 9.59 Å². The Balaban J connectivity index is 2.35. The summed E-state index contributed by atoms with van der Waals surface area (Å²) in [6, 6.07) is 7.39. The SMILES string of the molecule is CC(=O)C(NC(=O)CSCCC(NC(=O)OCc1ccccc1)C(=O)O)C(C)C. The summed E-state index contributed by atoms with van der Waals surface area (Å²) in [5, 5.41) is 14.3. The lowest BCUT2D eigenvalue weighted by atomic mass is 10.0. The van der Waals surface area contributed by atoms with E-state index in [1.807, 2.05) is 32.0 Å². The van der Waals surface area contributed by atoms with Gasteiger partial charge in [0.25, 0.3) is 0 Å². The fourth-order valence-corrected chi connectivity index (χ4v) is 3.30. The molecule has 0 aliphatic heterocycles. The number of ether oxygens (including phenoxy) is 1. The predicted molar refractivity (Wildman–Crippen MR) is 111 cm³/mol. The van der Waals surface area contributed by atoms with Crippen molar-refractivity contribution in [2.75, 3.05) is 11.5 Å². The molecule has 1 aromatic rings. The van der Waals surface area contributed by atoms with Gasteiger partial charge < -0.3 is 20.5 Å². The molecule has 1 aromatic carbocycles. The van der Waals surface area contributed by atoms with E-state index in [-0.39, 0.29) is 36.4 Å². The van der Waals surface area contributed by atoms with Gasteiger partial charge in [-0.15, -0.1) is 0 Å². The molecule has 9 heteroatoms. The zero-order valence-corrected chi connectivity index (χ0v) is 17.7. The van der Waals surface area contributed by atoms with Crippen molar-refractivity contribution >= 4 is 35.5 Å². The van der Waals surface area contributed by atoms with E-state index in [1.54, 1.807) is 12.1 Å². The van der Waals surface area contributed by atoms with Crippen LogP contribution in [0.4, 0.5) is 4.79 Å². The Morgan fingerprint density at radius 3 is 2.31 bits per heavy atom. The second kappa shape index (κ2) is 12.8. The molecule has 0 fully saturated rings. The highest BCUT2D eigenvalue weighted by molar-refractivity contribution is 7.99. The Labute approximate surface area is 174 Å². The van der Waals surface area contributed by atoms with Crippen molar-refractivity contribution in [2.45, 2.75) is 45.9 Å². The lowest BCUT2D eigenvalue weighted by Gasteiger charge is -2.19. The number of alkyl carbamates (subject to hydrolysis) is 1. The number of amides is 2. The molecule has 0 spiro atoms. The van der Waals surface area contributed by atoms with Crippen LogP contribution < -0.4 is 10.6 Å². The van der Waals surface area contributed by atoms with Crippen LogP contribution in [-0.2, 0) is 25.7 Å². The van der Waals surface area contributed by atoms with Crippen LogP contribution in [0.15, 0.2) is 30.3 Å². The predicted octanol–water partition coefficient (Wildman–Crippen LogP) is 2.22. The summed E-state index contributed by atoms with van der Waals surface area (Å²) in [6.45, 7) is 5.16. The lowest BCUT2D eigenvalue weighted by Crippen LogP contribution is -2.44. The van der Waals surface area contributed by atoms with Crippen molar-refractivity contribution in [3.63, 3.8) is 0 Å². The van der Waals surface area contributed by atoms with Crippen LogP contribution in [-0.4, -0.2) is 52.4 Å². The molecule has 2 unspecified atom stereocenters. The quantitative estimate of drug-likeness (QED) is 0.440. The van der Waals surface area contributed by atoms with E-state index in [0.29, 0.717) is 5.75 Å². The summed E-state index contributed by atoms with van der Waals surface area (Å²) in [5.74, 6) is -1.14. The van der Waals surface area contributed by atoms with Gasteiger partial charge in [0.15, 0.2) is 5.78 Å². The second-order valence-electron chi connectivity index (χ2n) is 6.84. The molecule has 29 heavy (non-hydrogen) atoms. The lowest BCUT2D eigenvalue weighted by molar-refractivity contribution is -0.139. The van der Waals surface area contributed by atoms with E-state index in [0.717, 1.165) is 5.56 Å². The minimum absolute atomic E-state index is 0.0102. The zero-order valence-electron chi connectivity index (χ0n) is 16.8. The number of carboxylic acid groups (broad SMARTS) is 1. The first-order chi connectivity index (χ1) is 13.7. The van der Waals surface area contributed by atoms with Crippen LogP contribution in [0.5, 0.6) is 0 Å². The Morgan fingerprint density at radius 1 is 1.10 bits per heavy atom. The Bertz CT molecular complexity index is 695. The molecule has 0 saturated heterocycles. The van der Waals surface area contributed by atoms with Crippen molar-refractivity contribution in [2.24, 2.45) is 5.92 Å². The number of Topliss-reactive ketones (excluding diaryl/α,β-unsaturated/α-hetero) is 1. The topological polar surface area (TPSA) is 122 Å². The van der Waals surface area contributed by atoms with Crippen LogP contribution in [0.1, 0.15) is 32.8 Å². The molecule has 2 amide bonds. The smallest absolute Gasteiger partial charge is 0.408 e. The Kier molecular flexibility index (Phi) is 10.8. The summed E-state index contributed by atoms with van der Waals surface area (Å²) in [6.07, 6.45) is -0.682. The van der Waals surface area contributed by atoms with Gasteiger partial charge in [-0.2, -0.15) is 11.8 Å². The van der Waals surface area contributed by atoms with E-state index < -0.39 is 24.1 Å². The van der Waals surface area contributed by atoms with Crippen molar-refractivity contribution in [1.29, 1.82) is 0 Å². The standard InChI is InChI=1S/C20H28N2O6S/c1-13(2)18(14(3)23)22-17(24)12-29-10-9-16(19(25)26)21-20(27)28-11-15-7-5-4-6-8-15/h4-8,13,16,18H,9-12H2,1-3H3,(H,21,27)(H,22,24)(H,25,26). The maximum atomic E-state index is 11.9. The number of carbonyl (C=O) groups excluding carboxylic acids is 3. The third-order valence-corrected chi connectivity index (χ3v) is 5.00. The van der Waals surface area contributed by atoms with Gasteiger partial charge in [0.05, 0.1) is 11.8 Å². The highest BCUT2D eigenvalue weighted by atomic mass is 32.2. The fraction of sp³-hybridized carbons (Fsp3) is 0.500. The van der Waals surface area contributed by atoms with E-state index in [1.165, 1.54) is 18.7 Å². The van der Waals surface area contributed by atoms with Crippen molar-refractivity contribution in [3.8, 4) is 0 Å². The molecule has 0 saturated carbocycles. The summed E-state index contributed by atoms with van der Waals surface area (Å²) in [5.41, 5.74) is 0.793. The zero-order chi connectivity index (χ0) is 21.8. The van der Waals surface area contributed by atoms with E-state index in [9.17, 15) is 24.3 Å². The van der Waals surface area contributed by atoms with Crippen LogP contribution >= 0.6 is 11.8 Å². The van der Waals surface area contributed by atoms with Gasteiger partial charge in [0, 0.05) is 0 Å². The first-order valence-electron chi connectivity index (χ1n) is 9.28. The number of aliphatic carboxylic acids is 1. The van der Waals surface area contributed by atoms with Gasteiger partial charge >= 0.3 is 12.1 Å². The largest absolute Gasteiger partial charge is 0.480 e. The van der Waals surface area contributed by atoms with Gasteiger partial charge in [-0.25, -0.2) is 9.59 Å². The van der Waals surface area contributed by atoms with Gasteiger partial charge in [0.1, 0.15) is 12.6 Å². The number of carbonyl (C=O) groups is 4. The molecule has 0 aromatic heterocycles. The van der Waals surface area contributed by atoms with Crippen LogP contribution in [0.2, 0.25) is 0 Å². The number of nitrogens with one attached hydrogen (secondary N) is 2. The molecular weight excluding hydrogens is 396 g/mol. The van der Waals surface area contributed by atoms with E-state index in [2.05, 4.69) is 10.6 Å². The molecule has 3 N–H and O–H groups in total. The molecule has 1 rings (SSSR count). The molecule has 0 heterocycles. The molecule has 160 valence electrons. The number of ketones is 1. The first-order valence-corrected chi connectivity index (χ1v) is 10.4. The number of rotatable bonds is 12. The molecule has 0 aliphatic rings. The minimum atomic E-state index is -1.18. The Morgan fingerprint density at radius 2 is 1.76 bits per heavy atom. The highest BCUT2D eigenvalue weighted by Crippen LogP contribution is 2.08. The fourth-order valence-electron chi connectivity index (χ4n) is 2.48. The minimum Gasteiger partial charge on any atom is -0.480 e. The van der Waals surface area contributed by atoms with Crippen molar-refractivity contribution in [3.05, 3.63) is 35.9 Å². The Hall–Kier alpha value is -2.55. The van der Waals surface area contributed by atoms with Gasteiger partial charge in [-0.1, -0.05) is 44.2 Å². The van der Waals surface area contributed by atoms with Crippen molar-refractivity contribution < 1.29 is 29.0 Å². The molecule has 0 aliphatic carbocycles. The maximum Gasteiger partial charge on any atom is 0.408 e. The average Bonchev–Trinajstić information content (AvgIpc) is 2.67.